The Hall–Kier alpha value is -1.55. The third kappa shape index (κ3) is 4.56. The zero-order valence-electron chi connectivity index (χ0n) is 11.0. The fourth-order valence-corrected chi connectivity index (χ4v) is 1.56. The van der Waals surface area contributed by atoms with Crippen molar-refractivity contribution in [2.45, 2.75) is 44.9 Å². The lowest BCUT2D eigenvalue weighted by molar-refractivity contribution is -0.137. The predicted octanol–water partition coefficient (Wildman–Crippen LogP) is 2.57. The standard InChI is InChI=1S/C12H17F3N4/c1-3-5-17-11(2,9-16)4-6-19-8-10(7-18-19)12(13,14)15/h7-8,17H,3-6H2,1-2H3. The van der Waals surface area contributed by atoms with Crippen molar-refractivity contribution in [3.8, 4) is 6.07 Å². The molecule has 1 atom stereocenters. The van der Waals surface area contributed by atoms with Gasteiger partial charge >= 0.3 is 6.18 Å². The SMILES string of the molecule is CCCNC(C)(C#N)CCn1cc(C(F)(F)F)cn1. The second-order valence-electron chi connectivity index (χ2n) is 4.61. The minimum atomic E-state index is -4.38. The second kappa shape index (κ2) is 6.06. The van der Waals surface area contributed by atoms with Crippen molar-refractivity contribution >= 4 is 0 Å². The highest BCUT2D eigenvalue weighted by atomic mass is 19.4. The van der Waals surface area contributed by atoms with E-state index in [1.54, 1.807) is 6.92 Å². The predicted molar refractivity (Wildman–Crippen MR) is 64.2 cm³/mol. The van der Waals surface area contributed by atoms with E-state index in [4.69, 9.17) is 5.26 Å². The number of rotatable bonds is 6. The van der Waals surface area contributed by atoms with Gasteiger partial charge in [-0.25, -0.2) is 0 Å². The highest BCUT2D eigenvalue weighted by molar-refractivity contribution is 5.09. The Balaban J connectivity index is 2.61. The number of aryl methyl sites for hydroxylation is 1. The lowest BCUT2D eigenvalue weighted by Gasteiger charge is -2.22. The van der Waals surface area contributed by atoms with E-state index in [0.29, 0.717) is 13.0 Å². The lowest BCUT2D eigenvalue weighted by atomic mass is 10.00. The Kier molecular flexibility index (Phi) is 4.95. The van der Waals surface area contributed by atoms with Crippen LogP contribution in [0.15, 0.2) is 12.4 Å². The highest BCUT2D eigenvalue weighted by Gasteiger charge is 2.32. The van der Waals surface area contributed by atoms with Crippen LogP contribution < -0.4 is 5.32 Å². The molecule has 0 spiro atoms. The first-order valence-corrected chi connectivity index (χ1v) is 6.06. The van der Waals surface area contributed by atoms with Crippen LogP contribution in [-0.4, -0.2) is 21.9 Å². The van der Waals surface area contributed by atoms with Gasteiger partial charge in [0.15, 0.2) is 0 Å². The average molecular weight is 274 g/mol. The summed E-state index contributed by atoms with van der Waals surface area (Å²) in [5.41, 5.74) is -1.52. The zero-order chi connectivity index (χ0) is 14.5. The van der Waals surface area contributed by atoms with E-state index in [1.165, 1.54) is 4.68 Å². The Labute approximate surface area is 110 Å². The topological polar surface area (TPSA) is 53.6 Å². The molecule has 1 unspecified atom stereocenters. The molecule has 0 aliphatic heterocycles. The van der Waals surface area contributed by atoms with Crippen molar-refractivity contribution in [3.05, 3.63) is 18.0 Å². The number of hydrogen-bond acceptors (Lipinski definition) is 3. The Morgan fingerprint density at radius 1 is 1.47 bits per heavy atom. The maximum Gasteiger partial charge on any atom is 0.419 e. The van der Waals surface area contributed by atoms with Crippen LogP contribution in [-0.2, 0) is 12.7 Å². The number of alkyl halides is 3. The Morgan fingerprint density at radius 2 is 2.16 bits per heavy atom. The summed E-state index contributed by atoms with van der Waals surface area (Å²) in [5.74, 6) is 0. The van der Waals surface area contributed by atoms with E-state index in [0.717, 1.165) is 18.8 Å². The normalized spacial score (nSPS) is 14.9. The van der Waals surface area contributed by atoms with Gasteiger partial charge in [0.2, 0.25) is 0 Å². The summed E-state index contributed by atoms with van der Waals surface area (Å²) in [6.45, 7) is 4.67. The molecular formula is C12H17F3N4. The van der Waals surface area contributed by atoms with Crippen molar-refractivity contribution in [3.63, 3.8) is 0 Å². The van der Waals surface area contributed by atoms with E-state index >= 15 is 0 Å². The van der Waals surface area contributed by atoms with Gasteiger partial charge in [-0.3, -0.25) is 10.00 Å². The van der Waals surface area contributed by atoms with Crippen LogP contribution in [0.4, 0.5) is 13.2 Å². The molecule has 1 aromatic rings. The van der Waals surface area contributed by atoms with Crippen molar-refractivity contribution < 1.29 is 13.2 Å². The molecule has 106 valence electrons. The van der Waals surface area contributed by atoms with Crippen LogP contribution in [0.2, 0.25) is 0 Å². The summed E-state index contributed by atoms with van der Waals surface area (Å²) < 4.78 is 38.4. The van der Waals surface area contributed by atoms with E-state index in [9.17, 15) is 13.2 Å². The Morgan fingerprint density at radius 3 is 2.63 bits per heavy atom. The largest absolute Gasteiger partial charge is 0.419 e. The van der Waals surface area contributed by atoms with E-state index in [1.807, 2.05) is 6.92 Å². The molecule has 0 bridgehead atoms. The molecule has 0 aliphatic carbocycles. The molecule has 4 nitrogen and oxygen atoms in total. The monoisotopic (exact) mass is 274 g/mol. The number of hydrogen-bond donors (Lipinski definition) is 1. The third-order valence-electron chi connectivity index (χ3n) is 2.81. The van der Waals surface area contributed by atoms with Crippen LogP contribution in [0.5, 0.6) is 0 Å². The van der Waals surface area contributed by atoms with Crippen molar-refractivity contribution in [1.82, 2.24) is 15.1 Å². The van der Waals surface area contributed by atoms with Gasteiger partial charge in [-0.05, 0) is 26.3 Å². The molecule has 1 heterocycles. The molecule has 1 rings (SSSR count). The molecule has 0 amide bonds. The first-order valence-electron chi connectivity index (χ1n) is 6.06. The number of aromatic nitrogens is 2. The van der Waals surface area contributed by atoms with Crippen molar-refractivity contribution in [2.75, 3.05) is 6.54 Å². The molecule has 1 aromatic heterocycles. The molecule has 0 aliphatic rings. The summed E-state index contributed by atoms with van der Waals surface area (Å²) in [4.78, 5) is 0. The van der Waals surface area contributed by atoms with Gasteiger partial charge in [-0.15, -0.1) is 0 Å². The fourth-order valence-electron chi connectivity index (χ4n) is 1.56. The molecule has 0 saturated carbocycles. The maximum absolute atomic E-state index is 12.4. The molecule has 19 heavy (non-hydrogen) atoms. The molecule has 0 fully saturated rings. The van der Waals surface area contributed by atoms with Crippen LogP contribution in [0.3, 0.4) is 0 Å². The molecule has 0 radical (unpaired) electrons. The van der Waals surface area contributed by atoms with E-state index in [-0.39, 0.29) is 6.54 Å². The third-order valence-corrected chi connectivity index (χ3v) is 2.81. The van der Waals surface area contributed by atoms with Gasteiger partial charge in [0, 0.05) is 12.7 Å². The number of nitrogens with zero attached hydrogens (tertiary/aromatic N) is 3. The Bertz CT molecular complexity index is 447. The van der Waals surface area contributed by atoms with Gasteiger partial charge in [0.05, 0.1) is 17.8 Å². The minimum Gasteiger partial charge on any atom is -0.300 e. The summed E-state index contributed by atoms with van der Waals surface area (Å²) in [6, 6.07) is 2.15. The number of nitriles is 1. The van der Waals surface area contributed by atoms with Gasteiger partial charge in [0.1, 0.15) is 5.54 Å². The summed E-state index contributed by atoms with van der Waals surface area (Å²) in [7, 11) is 0. The highest BCUT2D eigenvalue weighted by Crippen LogP contribution is 2.28. The molecule has 0 saturated heterocycles. The molecule has 0 aromatic carbocycles. The van der Waals surface area contributed by atoms with E-state index < -0.39 is 17.3 Å². The quantitative estimate of drug-likeness (QED) is 0.867. The van der Waals surface area contributed by atoms with Crippen LogP contribution >= 0.6 is 0 Å². The fraction of sp³-hybridized carbons (Fsp3) is 0.667. The van der Waals surface area contributed by atoms with Gasteiger partial charge in [-0.1, -0.05) is 6.92 Å². The van der Waals surface area contributed by atoms with Crippen LogP contribution in [0.1, 0.15) is 32.3 Å². The van der Waals surface area contributed by atoms with Crippen LogP contribution in [0, 0.1) is 11.3 Å². The average Bonchev–Trinajstić information content (AvgIpc) is 2.83. The second-order valence-corrected chi connectivity index (χ2v) is 4.61. The molecule has 1 N–H and O–H groups in total. The van der Waals surface area contributed by atoms with Crippen LogP contribution in [0.25, 0.3) is 0 Å². The van der Waals surface area contributed by atoms with Crippen molar-refractivity contribution in [2.24, 2.45) is 0 Å². The zero-order valence-corrected chi connectivity index (χ0v) is 11.0. The maximum atomic E-state index is 12.4. The van der Waals surface area contributed by atoms with Gasteiger partial charge in [0.25, 0.3) is 0 Å². The van der Waals surface area contributed by atoms with E-state index in [2.05, 4.69) is 16.5 Å². The lowest BCUT2D eigenvalue weighted by Crippen LogP contribution is -2.42. The number of nitrogens with one attached hydrogen (secondary N) is 1. The number of halogens is 3. The van der Waals surface area contributed by atoms with Gasteiger partial charge < -0.3 is 0 Å². The van der Waals surface area contributed by atoms with Crippen molar-refractivity contribution in [1.29, 1.82) is 5.26 Å². The summed E-state index contributed by atoms with van der Waals surface area (Å²) >= 11 is 0. The summed E-state index contributed by atoms with van der Waals surface area (Å²) in [5, 5.41) is 15.8. The molecular weight excluding hydrogens is 257 g/mol. The smallest absolute Gasteiger partial charge is 0.300 e. The molecule has 7 heteroatoms. The first kappa shape index (κ1) is 15.5. The van der Waals surface area contributed by atoms with Gasteiger partial charge in [-0.2, -0.15) is 23.5 Å². The first-order chi connectivity index (χ1) is 8.80. The minimum absolute atomic E-state index is 0.261. The summed E-state index contributed by atoms with van der Waals surface area (Å²) in [6.07, 6.45) is -1.35.